The van der Waals surface area contributed by atoms with Gasteiger partial charge in [-0.2, -0.15) is 0 Å². The predicted molar refractivity (Wildman–Crippen MR) is 139 cm³/mol. The minimum Gasteiger partial charge on any atom is -0.389 e. The fourth-order valence-corrected chi connectivity index (χ4v) is 4.68. The highest BCUT2D eigenvalue weighted by Crippen LogP contribution is 2.40. The van der Waals surface area contributed by atoms with Gasteiger partial charge in [0.2, 0.25) is 0 Å². The molecule has 5 unspecified atom stereocenters. The molecule has 0 aromatic carbocycles. The van der Waals surface area contributed by atoms with E-state index in [1.54, 1.807) is 0 Å². The maximum absolute atomic E-state index is 11.7. The molecule has 5 atom stereocenters. The number of likely N-dealkylation sites (N-methyl/N-ethyl adjacent to an activating group) is 2. The van der Waals surface area contributed by atoms with Crippen LogP contribution in [0.25, 0.3) is 0 Å². The summed E-state index contributed by atoms with van der Waals surface area (Å²) in [5, 5.41) is 23.1. The molecule has 0 radical (unpaired) electrons. The van der Waals surface area contributed by atoms with Crippen molar-refractivity contribution in [3.63, 3.8) is 0 Å². The van der Waals surface area contributed by atoms with Crippen molar-refractivity contribution in [2.75, 3.05) is 60.1 Å². The summed E-state index contributed by atoms with van der Waals surface area (Å²) in [6.45, 7) is 16.6. The summed E-state index contributed by atoms with van der Waals surface area (Å²) in [5.74, 6) is -0.487. The Labute approximate surface area is 214 Å². The van der Waals surface area contributed by atoms with Crippen LogP contribution in [0.5, 0.6) is 0 Å². The van der Waals surface area contributed by atoms with Crippen molar-refractivity contribution in [1.82, 2.24) is 9.80 Å². The summed E-state index contributed by atoms with van der Waals surface area (Å²) in [7, 11) is 3.99. The highest BCUT2D eigenvalue weighted by atomic mass is 16.7. The monoisotopic (exact) mass is 505 g/mol. The zero-order chi connectivity index (χ0) is 26.6. The Morgan fingerprint density at radius 1 is 0.914 bits per heavy atom. The van der Waals surface area contributed by atoms with Gasteiger partial charge in [-0.05, 0) is 52.9 Å². The number of nitrogens with zero attached hydrogens (tertiary/aromatic N) is 2. The van der Waals surface area contributed by atoms with Crippen LogP contribution in [-0.4, -0.2) is 116 Å². The number of hydrogen-bond donors (Lipinski definition) is 3. The average Bonchev–Trinajstić information content (AvgIpc) is 2.86. The van der Waals surface area contributed by atoms with Crippen LogP contribution in [0, 0.1) is 5.92 Å². The number of aliphatic hydroxyl groups is 2. The van der Waals surface area contributed by atoms with Gasteiger partial charge >= 0.3 is 0 Å². The fourth-order valence-electron chi connectivity index (χ4n) is 4.68. The lowest BCUT2D eigenvalue weighted by atomic mass is 9.73. The normalized spacial score (nSPS) is 26.1. The fraction of sp³-hybridized carbons (Fsp3) is 1.00. The molecular weight excluding hydrogens is 450 g/mol. The molecule has 9 heteroatoms. The lowest BCUT2D eigenvalue weighted by molar-refractivity contribution is -0.341. The zero-order valence-electron chi connectivity index (χ0n) is 23.7. The first-order valence-corrected chi connectivity index (χ1v) is 13.6. The van der Waals surface area contributed by atoms with Crippen LogP contribution in [0.15, 0.2) is 0 Å². The minimum absolute atomic E-state index is 0.263. The van der Waals surface area contributed by atoms with Crippen molar-refractivity contribution < 1.29 is 29.2 Å². The molecule has 1 rings (SSSR count). The van der Waals surface area contributed by atoms with Gasteiger partial charge in [0.15, 0.2) is 6.29 Å². The summed E-state index contributed by atoms with van der Waals surface area (Å²) in [6.07, 6.45) is -1.12. The molecule has 1 heterocycles. The number of ether oxygens (including phenoxy) is 4. The average molecular weight is 506 g/mol. The van der Waals surface area contributed by atoms with Gasteiger partial charge in [-0.1, -0.05) is 41.5 Å². The van der Waals surface area contributed by atoms with E-state index < -0.39 is 41.8 Å². The molecule has 0 aromatic rings. The van der Waals surface area contributed by atoms with Crippen LogP contribution in [0.4, 0.5) is 0 Å². The van der Waals surface area contributed by atoms with E-state index in [0.717, 1.165) is 26.2 Å². The largest absolute Gasteiger partial charge is 0.389 e. The summed E-state index contributed by atoms with van der Waals surface area (Å²) in [4.78, 5) is 4.31. The van der Waals surface area contributed by atoms with Gasteiger partial charge in [-0.15, -0.1) is 0 Å². The maximum Gasteiger partial charge on any atom is 0.188 e. The van der Waals surface area contributed by atoms with Crippen molar-refractivity contribution >= 4 is 0 Å². The molecule has 0 saturated carbocycles. The van der Waals surface area contributed by atoms with Crippen LogP contribution in [-0.2, 0) is 18.9 Å². The lowest BCUT2D eigenvalue weighted by Crippen LogP contribution is -2.65. The number of rotatable bonds is 18. The van der Waals surface area contributed by atoms with E-state index >= 15 is 0 Å². The second-order valence-corrected chi connectivity index (χ2v) is 10.0. The molecule has 0 aliphatic carbocycles. The van der Waals surface area contributed by atoms with Crippen molar-refractivity contribution in [3.05, 3.63) is 0 Å². The van der Waals surface area contributed by atoms with Gasteiger partial charge in [0.05, 0.1) is 37.6 Å². The van der Waals surface area contributed by atoms with E-state index in [1.165, 1.54) is 0 Å². The Balaban J connectivity index is 3.26. The number of nitrogens with two attached hydrogens (primary N) is 1. The van der Waals surface area contributed by atoms with Crippen LogP contribution in [0.1, 0.15) is 67.2 Å². The highest BCUT2D eigenvalue weighted by Gasteiger charge is 2.54. The molecule has 1 saturated heterocycles. The lowest BCUT2D eigenvalue weighted by Gasteiger charge is -2.51. The smallest absolute Gasteiger partial charge is 0.188 e. The summed E-state index contributed by atoms with van der Waals surface area (Å²) >= 11 is 0. The van der Waals surface area contributed by atoms with Gasteiger partial charge in [0.1, 0.15) is 11.8 Å². The minimum atomic E-state index is -1.10. The summed E-state index contributed by atoms with van der Waals surface area (Å²) < 4.78 is 24.8. The molecule has 1 aliphatic rings. The first-order valence-electron chi connectivity index (χ1n) is 13.6. The van der Waals surface area contributed by atoms with Crippen LogP contribution in [0.2, 0.25) is 0 Å². The SMILES string of the molecule is CCN(CC)CCOC1C(O)C(OC(N)(CC)CC)OC(COCCN(C)C)C1C(O)(CC)CC. The van der Waals surface area contributed by atoms with Crippen LogP contribution in [0.3, 0.4) is 0 Å². The van der Waals surface area contributed by atoms with E-state index in [2.05, 4.69) is 18.7 Å². The number of aliphatic hydroxyl groups excluding tert-OH is 1. The van der Waals surface area contributed by atoms with Gasteiger partial charge < -0.3 is 44.7 Å². The first-order chi connectivity index (χ1) is 16.5. The van der Waals surface area contributed by atoms with Crippen LogP contribution < -0.4 is 5.73 Å². The summed E-state index contributed by atoms with van der Waals surface area (Å²) in [6, 6.07) is 0. The van der Waals surface area contributed by atoms with Gasteiger partial charge in [0, 0.05) is 19.0 Å². The molecule has 35 heavy (non-hydrogen) atoms. The Kier molecular flexibility index (Phi) is 14.7. The molecule has 0 spiro atoms. The quantitative estimate of drug-likeness (QED) is 0.190. The molecular formula is C26H55N3O6. The number of hydrogen-bond acceptors (Lipinski definition) is 9. The molecule has 1 aliphatic heterocycles. The van der Waals surface area contributed by atoms with Crippen LogP contribution >= 0.6 is 0 Å². The third-order valence-corrected chi connectivity index (χ3v) is 7.65. The Bertz CT molecular complexity index is 555. The van der Waals surface area contributed by atoms with Crippen molar-refractivity contribution in [2.24, 2.45) is 11.7 Å². The molecule has 9 nitrogen and oxygen atoms in total. The topological polar surface area (TPSA) is 110 Å². The zero-order valence-corrected chi connectivity index (χ0v) is 23.7. The van der Waals surface area contributed by atoms with Gasteiger partial charge in [-0.25, -0.2) is 0 Å². The third kappa shape index (κ3) is 9.47. The maximum atomic E-state index is 11.7. The second kappa shape index (κ2) is 15.8. The van der Waals surface area contributed by atoms with Crippen molar-refractivity contribution in [3.8, 4) is 0 Å². The van der Waals surface area contributed by atoms with E-state index in [0.29, 0.717) is 38.9 Å². The molecule has 210 valence electrons. The predicted octanol–water partition coefficient (Wildman–Crippen LogP) is 2.04. The summed E-state index contributed by atoms with van der Waals surface area (Å²) in [5.41, 5.74) is 4.43. The molecule has 0 bridgehead atoms. The van der Waals surface area contributed by atoms with E-state index in [-0.39, 0.29) is 6.61 Å². The first kappa shape index (κ1) is 32.7. The molecule has 4 N–H and O–H groups in total. The van der Waals surface area contributed by atoms with E-state index in [9.17, 15) is 10.2 Å². The third-order valence-electron chi connectivity index (χ3n) is 7.65. The highest BCUT2D eigenvalue weighted by molar-refractivity contribution is 5.01. The van der Waals surface area contributed by atoms with Crippen molar-refractivity contribution in [2.45, 2.75) is 103 Å². The standard InChI is InChI=1S/C26H55N3O6/c1-9-25(31,10-2)21-20(19-32-17-15-28(7)8)34-24(35-26(27,11-3)12-4)22(30)23(21)33-18-16-29(13-5)14-6/h20-24,30-31H,9-19,27H2,1-8H3. The van der Waals surface area contributed by atoms with Gasteiger partial charge in [-0.3, -0.25) is 0 Å². The Morgan fingerprint density at radius 3 is 2.00 bits per heavy atom. The van der Waals surface area contributed by atoms with Crippen molar-refractivity contribution in [1.29, 1.82) is 0 Å². The Hall–Kier alpha value is -0.360. The molecule has 0 aromatic heterocycles. The Morgan fingerprint density at radius 2 is 1.51 bits per heavy atom. The van der Waals surface area contributed by atoms with E-state index in [1.807, 2.05) is 46.7 Å². The second-order valence-electron chi connectivity index (χ2n) is 10.0. The van der Waals surface area contributed by atoms with Gasteiger partial charge in [0.25, 0.3) is 0 Å². The van der Waals surface area contributed by atoms with E-state index in [4.69, 9.17) is 24.7 Å². The molecule has 1 fully saturated rings. The molecule has 0 amide bonds.